The van der Waals surface area contributed by atoms with E-state index in [9.17, 15) is 9.59 Å². The number of nitrogens with one attached hydrogen (secondary N) is 1. The van der Waals surface area contributed by atoms with Gasteiger partial charge in [0.1, 0.15) is 6.33 Å². The highest BCUT2D eigenvalue weighted by atomic mass is 79.9. The minimum absolute atomic E-state index is 0.239. The van der Waals surface area contributed by atoms with Crippen molar-refractivity contribution in [3.05, 3.63) is 69.7 Å². The molecule has 3 rings (SSSR count). The van der Waals surface area contributed by atoms with E-state index in [0.29, 0.717) is 11.4 Å². The first-order chi connectivity index (χ1) is 11.6. The van der Waals surface area contributed by atoms with Crippen LogP contribution in [0.25, 0.3) is 5.82 Å². The van der Waals surface area contributed by atoms with E-state index < -0.39 is 0 Å². The quantitative estimate of drug-likeness (QED) is 0.703. The van der Waals surface area contributed by atoms with Gasteiger partial charge in [-0.05, 0) is 28.1 Å². The van der Waals surface area contributed by atoms with Crippen LogP contribution in [-0.2, 0) is 6.54 Å². The van der Waals surface area contributed by atoms with Crippen LogP contribution in [0.5, 0.6) is 0 Å². The molecule has 0 aliphatic rings. The standard InChI is InChI=1S/C15H13BrN6O2/c16-12-7-11(8-18-9-12)15(24)19-4-6-22-14(23)2-1-13(20-22)21-5-3-17-10-21/h1-3,5,7-10H,4,6H2,(H,19,24). The number of pyridine rings is 1. The molecule has 0 aromatic carbocycles. The van der Waals surface area contributed by atoms with Crippen molar-refractivity contribution in [3.8, 4) is 5.82 Å². The third-order valence-corrected chi connectivity index (χ3v) is 3.63. The van der Waals surface area contributed by atoms with E-state index >= 15 is 0 Å². The van der Waals surface area contributed by atoms with E-state index in [-0.39, 0.29) is 24.6 Å². The highest BCUT2D eigenvalue weighted by Gasteiger charge is 2.07. The number of imidazole rings is 1. The van der Waals surface area contributed by atoms with Crippen molar-refractivity contribution in [1.29, 1.82) is 0 Å². The number of rotatable bonds is 5. The van der Waals surface area contributed by atoms with Crippen molar-refractivity contribution in [2.75, 3.05) is 6.54 Å². The molecule has 9 heteroatoms. The lowest BCUT2D eigenvalue weighted by molar-refractivity contribution is 0.0951. The lowest BCUT2D eigenvalue weighted by Gasteiger charge is -2.08. The number of amides is 1. The second-order valence-electron chi connectivity index (χ2n) is 4.87. The highest BCUT2D eigenvalue weighted by Crippen LogP contribution is 2.09. The number of halogens is 1. The zero-order valence-corrected chi connectivity index (χ0v) is 14.0. The van der Waals surface area contributed by atoms with Crippen molar-refractivity contribution < 1.29 is 4.79 Å². The van der Waals surface area contributed by atoms with Crippen molar-refractivity contribution in [1.82, 2.24) is 29.6 Å². The monoisotopic (exact) mass is 388 g/mol. The predicted octanol–water partition coefficient (Wildman–Crippen LogP) is 1.02. The summed E-state index contributed by atoms with van der Waals surface area (Å²) in [6.07, 6.45) is 8.04. The molecular weight excluding hydrogens is 376 g/mol. The first kappa shape index (κ1) is 16.1. The maximum absolute atomic E-state index is 12.0. The SMILES string of the molecule is O=C(NCCn1nc(-n2ccnc2)ccc1=O)c1cncc(Br)c1. The largest absolute Gasteiger partial charge is 0.350 e. The van der Waals surface area contributed by atoms with E-state index in [2.05, 4.69) is 36.3 Å². The summed E-state index contributed by atoms with van der Waals surface area (Å²) in [5.41, 5.74) is 0.203. The molecule has 0 unspecified atom stereocenters. The highest BCUT2D eigenvalue weighted by molar-refractivity contribution is 9.10. The Morgan fingerprint density at radius 3 is 2.88 bits per heavy atom. The first-order valence-corrected chi connectivity index (χ1v) is 7.88. The Morgan fingerprint density at radius 1 is 1.25 bits per heavy atom. The molecule has 24 heavy (non-hydrogen) atoms. The van der Waals surface area contributed by atoms with Gasteiger partial charge in [-0.25, -0.2) is 9.67 Å². The fraction of sp³-hybridized carbons (Fsp3) is 0.133. The van der Waals surface area contributed by atoms with Crippen LogP contribution in [0.2, 0.25) is 0 Å². The lowest BCUT2D eigenvalue weighted by atomic mass is 10.3. The average molecular weight is 389 g/mol. The molecule has 0 aliphatic heterocycles. The summed E-state index contributed by atoms with van der Waals surface area (Å²) in [4.78, 5) is 31.8. The van der Waals surface area contributed by atoms with Gasteiger partial charge in [-0.3, -0.25) is 19.1 Å². The molecule has 3 aromatic rings. The Bertz CT molecular complexity index is 906. The van der Waals surface area contributed by atoms with Crippen molar-refractivity contribution in [2.45, 2.75) is 6.54 Å². The number of hydrogen-bond acceptors (Lipinski definition) is 5. The molecule has 0 bridgehead atoms. The minimum atomic E-state index is -0.261. The third kappa shape index (κ3) is 3.74. The van der Waals surface area contributed by atoms with E-state index in [4.69, 9.17) is 0 Å². The molecule has 1 N–H and O–H groups in total. The first-order valence-electron chi connectivity index (χ1n) is 7.09. The van der Waals surface area contributed by atoms with Crippen LogP contribution >= 0.6 is 15.9 Å². The van der Waals surface area contributed by atoms with Crippen molar-refractivity contribution in [3.63, 3.8) is 0 Å². The maximum atomic E-state index is 12.0. The second kappa shape index (κ2) is 7.18. The zero-order chi connectivity index (χ0) is 16.9. The Balaban J connectivity index is 1.65. The molecule has 122 valence electrons. The minimum Gasteiger partial charge on any atom is -0.350 e. The fourth-order valence-electron chi connectivity index (χ4n) is 2.04. The van der Waals surface area contributed by atoms with Gasteiger partial charge >= 0.3 is 0 Å². The summed E-state index contributed by atoms with van der Waals surface area (Å²) in [5, 5.41) is 6.99. The third-order valence-electron chi connectivity index (χ3n) is 3.20. The Labute approximate surface area is 145 Å². The van der Waals surface area contributed by atoms with E-state index in [0.717, 1.165) is 4.47 Å². The molecule has 8 nitrogen and oxygen atoms in total. The van der Waals surface area contributed by atoms with E-state index in [1.807, 2.05) is 0 Å². The Kier molecular flexibility index (Phi) is 4.80. The molecule has 0 saturated carbocycles. The van der Waals surface area contributed by atoms with Gasteiger partial charge in [0, 0.05) is 41.9 Å². The Morgan fingerprint density at radius 2 is 2.12 bits per heavy atom. The van der Waals surface area contributed by atoms with Gasteiger partial charge in [0.15, 0.2) is 5.82 Å². The topological polar surface area (TPSA) is 94.7 Å². The molecule has 0 saturated heterocycles. The summed E-state index contributed by atoms with van der Waals surface area (Å²) in [7, 11) is 0. The molecule has 0 spiro atoms. The zero-order valence-electron chi connectivity index (χ0n) is 12.5. The number of carbonyl (C=O) groups is 1. The number of carbonyl (C=O) groups excluding carboxylic acids is 1. The lowest BCUT2D eigenvalue weighted by Crippen LogP contribution is -2.32. The molecule has 0 fully saturated rings. The molecule has 0 aliphatic carbocycles. The second-order valence-corrected chi connectivity index (χ2v) is 5.79. The summed E-state index contributed by atoms with van der Waals surface area (Å²) >= 11 is 3.27. The fourth-order valence-corrected chi connectivity index (χ4v) is 2.41. The molecule has 0 atom stereocenters. The Hall–Kier alpha value is -2.81. The normalized spacial score (nSPS) is 10.5. The number of nitrogens with zero attached hydrogens (tertiary/aromatic N) is 5. The van der Waals surface area contributed by atoms with Crippen LogP contribution in [0.3, 0.4) is 0 Å². The molecular formula is C15H13BrN6O2. The van der Waals surface area contributed by atoms with E-state index in [1.54, 1.807) is 41.6 Å². The number of hydrogen-bond donors (Lipinski definition) is 1. The van der Waals surface area contributed by atoms with Crippen LogP contribution in [0.1, 0.15) is 10.4 Å². The smallest absolute Gasteiger partial charge is 0.266 e. The van der Waals surface area contributed by atoms with Crippen LogP contribution in [0, 0.1) is 0 Å². The summed E-state index contributed by atoms with van der Waals surface area (Å²) in [6, 6.07) is 4.72. The summed E-state index contributed by atoms with van der Waals surface area (Å²) < 4.78 is 3.72. The summed E-state index contributed by atoms with van der Waals surface area (Å²) in [5.74, 6) is 0.317. The van der Waals surface area contributed by atoms with E-state index in [1.165, 1.54) is 16.9 Å². The van der Waals surface area contributed by atoms with Gasteiger partial charge in [-0.2, -0.15) is 5.10 Å². The molecule has 3 heterocycles. The average Bonchev–Trinajstić information content (AvgIpc) is 3.11. The predicted molar refractivity (Wildman–Crippen MR) is 89.9 cm³/mol. The van der Waals surface area contributed by atoms with Crippen molar-refractivity contribution in [2.24, 2.45) is 0 Å². The van der Waals surface area contributed by atoms with Gasteiger partial charge in [-0.15, -0.1) is 0 Å². The molecule has 3 aromatic heterocycles. The number of aromatic nitrogens is 5. The van der Waals surface area contributed by atoms with Crippen LogP contribution in [0.4, 0.5) is 0 Å². The van der Waals surface area contributed by atoms with Gasteiger partial charge in [0.25, 0.3) is 11.5 Å². The van der Waals surface area contributed by atoms with Crippen LogP contribution in [0.15, 0.2) is 58.6 Å². The van der Waals surface area contributed by atoms with Gasteiger partial charge in [-0.1, -0.05) is 0 Å². The summed E-state index contributed by atoms with van der Waals surface area (Å²) in [6.45, 7) is 0.528. The van der Waals surface area contributed by atoms with Gasteiger partial charge in [0.2, 0.25) is 0 Å². The molecule has 1 amide bonds. The van der Waals surface area contributed by atoms with Gasteiger partial charge in [0.05, 0.1) is 12.1 Å². The van der Waals surface area contributed by atoms with Crippen molar-refractivity contribution >= 4 is 21.8 Å². The van der Waals surface area contributed by atoms with Gasteiger partial charge < -0.3 is 5.32 Å². The van der Waals surface area contributed by atoms with Crippen LogP contribution < -0.4 is 10.9 Å². The molecule has 0 radical (unpaired) electrons. The van der Waals surface area contributed by atoms with Crippen LogP contribution in [-0.4, -0.2) is 36.8 Å². The maximum Gasteiger partial charge on any atom is 0.266 e.